The molecule has 1 amide bonds. The van der Waals surface area contributed by atoms with Crippen LogP contribution in [-0.4, -0.2) is 48.2 Å². The van der Waals surface area contributed by atoms with Crippen LogP contribution in [0.15, 0.2) is 60.7 Å². The lowest BCUT2D eigenvalue weighted by Gasteiger charge is -2.26. The number of nitrogens with one attached hydrogen (secondary N) is 1. The van der Waals surface area contributed by atoms with Crippen molar-refractivity contribution in [3.63, 3.8) is 0 Å². The van der Waals surface area contributed by atoms with Gasteiger partial charge in [0.1, 0.15) is 5.75 Å². The van der Waals surface area contributed by atoms with Gasteiger partial charge in [0.15, 0.2) is 0 Å². The third-order valence-corrected chi connectivity index (χ3v) is 6.13. The number of benzene rings is 2. The summed E-state index contributed by atoms with van der Waals surface area (Å²) < 4.78 is 8.05. The van der Waals surface area contributed by atoms with Crippen molar-refractivity contribution in [2.75, 3.05) is 32.8 Å². The van der Waals surface area contributed by atoms with E-state index in [2.05, 4.69) is 26.9 Å². The Morgan fingerprint density at radius 2 is 1.72 bits per heavy atom. The molecule has 4 rings (SSSR count). The lowest BCUT2D eigenvalue weighted by molar-refractivity contribution is 0.0946. The highest BCUT2D eigenvalue weighted by molar-refractivity contribution is 5.97. The van der Waals surface area contributed by atoms with E-state index in [1.54, 1.807) is 0 Å². The smallest absolute Gasteiger partial charge is 0.253 e. The van der Waals surface area contributed by atoms with Crippen LogP contribution in [0.25, 0.3) is 16.9 Å². The molecule has 2 heterocycles. The van der Waals surface area contributed by atoms with Crippen molar-refractivity contribution in [3.05, 3.63) is 71.9 Å². The van der Waals surface area contributed by atoms with Crippen LogP contribution in [0.4, 0.5) is 0 Å². The molecule has 0 unspecified atom stereocenters. The van der Waals surface area contributed by atoms with Crippen molar-refractivity contribution in [2.24, 2.45) is 0 Å². The Bertz CT molecular complexity index is 1040. The molecular formula is C27H33N3O2. The Hall–Kier alpha value is -3.05. The molecule has 1 fully saturated rings. The first-order chi connectivity index (χ1) is 15.7. The largest absolute Gasteiger partial charge is 0.492 e. The highest BCUT2D eigenvalue weighted by Crippen LogP contribution is 2.33. The molecule has 5 heteroatoms. The molecule has 1 aliphatic rings. The fourth-order valence-electron chi connectivity index (χ4n) is 4.49. The summed E-state index contributed by atoms with van der Waals surface area (Å²) in [5, 5.41) is 3.15. The van der Waals surface area contributed by atoms with E-state index in [1.807, 2.05) is 62.4 Å². The lowest BCUT2D eigenvalue weighted by atomic mass is 10.1. The van der Waals surface area contributed by atoms with Crippen molar-refractivity contribution in [3.8, 4) is 22.7 Å². The van der Waals surface area contributed by atoms with Gasteiger partial charge >= 0.3 is 0 Å². The third kappa shape index (κ3) is 4.89. The van der Waals surface area contributed by atoms with Gasteiger partial charge in [-0.05, 0) is 63.5 Å². The fraction of sp³-hybridized carbons (Fsp3) is 0.370. The van der Waals surface area contributed by atoms with Crippen molar-refractivity contribution < 1.29 is 9.53 Å². The van der Waals surface area contributed by atoms with Crippen LogP contribution in [0.5, 0.6) is 5.75 Å². The number of amides is 1. The zero-order chi connectivity index (χ0) is 22.3. The first kappa shape index (κ1) is 22.2. The summed E-state index contributed by atoms with van der Waals surface area (Å²) in [5.41, 5.74) is 4.60. The van der Waals surface area contributed by atoms with Gasteiger partial charge in [0.2, 0.25) is 0 Å². The van der Waals surface area contributed by atoms with Gasteiger partial charge in [0.25, 0.3) is 5.91 Å². The molecule has 1 aliphatic heterocycles. The maximum atomic E-state index is 13.2. The van der Waals surface area contributed by atoms with Crippen LogP contribution < -0.4 is 10.1 Å². The number of likely N-dealkylation sites (tertiary alicyclic amines) is 1. The second-order valence-electron chi connectivity index (χ2n) is 8.29. The van der Waals surface area contributed by atoms with Gasteiger partial charge in [0.05, 0.1) is 23.6 Å². The minimum atomic E-state index is -0.0238. The van der Waals surface area contributed by atoms with Gasteiger partial charge in [-0.25, -0.2) is 0 Å². The molecule has 0 atom stereocenters. The number of rotatable bonds is 8. The minimum Gasteiger partial charge on any atom is -0.492 e. The van der Waals surface area contributed by atoms with Gasteiger partial charge in [0, 0.05) is 18.8 Å². The second kappa shape index (κ2) is 10.5. The number of piperidine rings is 1. The normalized spacial score (nSPS) is 14.3. The predicted molar refractivity (Wildman–Crippen MR) is 130 cm³/mol. The molecule has 32 heavy (non-hydrogen) atoms. The highest BCUT2D eigenvalue weighted by Gasteiger charge is 2.21. The van der Waals surface area contributed by atoms with E-state index in [0.29, 0.717) is 18.7 Å². The quantitative estimate of drug-likeness (QED) is 0.542. The molecule has 0 bridgehead atoms. The molecule has 5 nitrogen and oxygen atoms in total. The molecule has 2 aromatic carbocycles. The van der Waals surface area contributed by atoms with Crippen LogP contribution in [0.2, 0.25) is 0 Å². The highest BCUT2D eigenvalue weighted by atomic mass is 16.5. The zero-order valence-corrected chi connectivity index (χ0v) is 19.1. The average molecular weight is 432 g/mol. The first-order valence-corrected chi connectivity index (χ1v) is 11.7. The maximum absolute atomic E-state index is 13.2. The van der Waals surface area contributed by atoms with E-state index in [-0.39, 0.29) is 5.91 Å². The van der Waals surface area contributed by atoms with E-state index < -0.39 is 0 Å². The van der Waals surface area contributed by atoms with Gasteiger partial charge in [-0.15, -0.1) is 0 Å². The Morgan fingerprint density at radius 1 is 1.00 bits per heavy atom. The summed E-state index contributed by atoms with van der Waals surface area (Å²) in [6.45, 7) is 8.42. The molecule has 0 saturated carbocycles. The Morgan fingerprint density at radius 3 is 2.47 bits per heavy atom. The van der Waals surface area contributed by atoms with Crippen molar-refractivity contribution in [1.82, 2.24) is 14.8 Å². The molecule has 168 valence electrons. The van der Waals surface area contributed by atoms with Crippen LogP contribution in [0, 0.1) is 6.92 Å². The van der Waals surface area contributed by atoms with Crippen LogP contribution in [0.1, 0.15) is 42.2 Å². The number of carbonyl (C=O) groups is 1. The van der Waals surface area contributed by atoms with Crippen LogP contribution >= 0.6 is 0 Å². The summed E-state index contributed by atoms with van der Waals surface area (Å²) in [6, 6.07) is 20.2. The monoisotopic (exact) mass is 431 g/mol. The summed E-state index contributed by atoms with van der Waals surface area (Å²) >= 11 is 0. The number of hydrogen-bond donors (Lipinski definition) is 1. The van der Waals surface area contributed by atoms with Gasteiger partial charge < -0.3 is 19.5 Å². The molecule has 1 N–H and O–H groups in total. The number of ether oxygens (including phenoxy) is 1. The summed E-state index contributed by atoms with van der Waals surface area (Å²) in [7, 11) is 0. The number of carbonyl (C=O) groups excluding carboxylic acids is 1. The van der Waals surface area contributed by atoms with Gasteiger partial charge in [-0.1, -0.05) is 48.9 Å². The Labute approximate surface area is 191 Å². The predicted octanol–water partition coefficient (Wildman–Crippen LogP) is 5.07. The first-order valence-electron chi connectivity index (χ1n) is 11.7. The molecule has 1 saturated heterocycles. The van der Waals surface area contributed by atoms with Gasteiger partial charge in [-0.3, -0.25) is 4.79 Å². The third-order valence-electron chi connectivity index (χ3n) is 6.13. The molecule has 0 spiro atoms. The molecule has 3 aromatic rings. The standard InChI is InChI=1S/C27H33N3O2/c1-3-32-26-15-9-8-14-24(26)30-21(2)23(20-25(30)22-12-6-4-7-13-22)27(31)28-16-19-29-17-10-5-11-18-29/h4,6-9,12-15,20H,3,5,10-11,16-19H2,1-2H3,(H,28,31). The van der Waals surface area contributed by atoms with E-state index >= 15 is 0 Å². The minimum absolute atomic E-state index is 0.0238. The molecule has 1 aromatic heterocycles. The Balaban J connectivity index is 1.65. The second-order valence-corrected chi connectivity index (χ2v) is 8.29. The van der Waals surface area contributed by atoms with E-state index in [9.17, 15) is 4.79 Å². The van der Waals surface area contributed by atoms with Crippen molar-refractivity contribution in [2.45, 2.75) is 33.1 Å². The number of para-hydroxylation sites is 2. The summed E-state index contributed by atoms with van der Waals surface area (Å²) in [4.78, 5) is 15.6. The molecule has 0 aliphatic carbocycles. The SMILES string of the molecule is CCOc1ccccc1-n1c(-c2ccccc2)cc(C(=O)NCCN2CCCCC2)c1C. The number of nitrogens with zero attached hydrogens (tertiary/aromatic N) is 2. The maximum Gasteiger partial charge on any atom is 0.253 e. The number of aromatic nitrogens is 1. The van der Waals surface area contributed by atoms with Crippen molar-refractivity contribution in [1.29, 1.82) is 0 Å². The topological polar surface area (TPSA) is 46.5 Å². The van der Waals surface area contributed by atoms with Crippen LogP contribution in [0.3, 0.4) is 0 Å². The Kier molecular flexibility index (Phi) is 7.28. The van der Waals surface area contributed by atoms with E-state index in [1.165, 1.54) is 19.3 Å². The molecular weight excluding hydrogens is 398 g/mol. The summed E-state index contributed by atoms with van der Waals surface area (Å²) in [5.74, 6) is 0.785. The lowest BCUT2D eigenvalue weighted by Crippen LogP contribution is -2.37. The zero-order valence-electron chi connectivity index (χ0n) is 19.1. The van der Waals surface area contributed by atoms with Crippen LogP contribution in [-0.2, 0) is 0 Å². The van der Waals surface area contributed by atoms with E-state index in [0.717, 1.165) is 48.0 Å². The fourth-order valence-corrected chi connectivity index (χ4v) is 4.49. The van der Waals surface area contributed by atoms with E-state index in [4.69, 9.17) is 4.74 Å². The number of hydrogen-bond acceptors (Lipinski definition) is 3. The average Bonchev–Trinajstić information content (AvgIpc) is 3.18. The summed E-state index contributed by atoms with van der Waals surface area (Å²) in [6.07, 6.45) is 3.84. The van der Waals surface area contributed by atoms with Crippen molar-refractivity contribution >= 4 is 5.91 Å². The van der Waals surface area contributed by atoms with Gasteiger partial charge in [-0.2, -0.15) is 0 Å². The molecule has 0 radical (unpaired) electrons.